The molecular weight excluding hydrogens is 174 g/mol. The van der Waals surface area contributed by atoms with Crippen LogP contribution >= 0.6 is 0 Å². The van der Waals surface area contributed by atoms with Gasteiger partial charge in [-0.3, -0.25) is 4.57 Å². The van der Waals surface area contributed by atoms with E-state index in [2.05, 4.69) is 23.4 Å². The van der Waals surface area contributed by atoms with Crippen LogP contribution in [0.2, 0.25) is 0 Å². The molecule has 14 heavy (non-hydrogen) atoms. The monoisotopic (exact) mass is 195 g/mol. The molecule has 0 aromatic carbocycles. The number of hydrogen-bond donors (Lipinski definition) is 0. The van der Waals surface area contributed by atoms with Crippen molar-refractivity contribution < 1.29 is 0 Å². The van der Waals surface area contributed by atoms with Gasteiger partial charge in [0, 0.05) is 6.20 Å². The van der Waals surface area contributed by atoms with Crippen LogP contribution in [-0.2, 0) is 0 Å². The topological polar surface area (TPSA) is 30.7 Å². The Morgan fingerprint density at radius 3 is 1.86 bits per heavy atom. The van der Waals surface area contributed by atoms with Crippen LogP contribution in [0.4, 0.5) is 0 Å². The Hall–Kier alpha value is -1.38. The third kappa shape index (κ3) is 4.03. The molecule has 0 saturated carbocycles. The van der Waals surface area contributed by atoms with Crippen LogP contribution < -0.4 is 0 Å². The highest BCUT2D eigenvalue weighted by Crippen LogP contribution is 2.00. The van der Waals surface area contributed by atoms with Gasteiger partial charge in [0.2, 0.25) is 0 Å². The Kier molecular flexibility index (Phi) is 10.5. The number of rotatable bonds is 2. The minimum Gasteiger partial charge on any atom is -0.287 e. The van der Waals surface area contributed by atoms with Crippen molar-refractivity contribution in [3.63, 3.8) is 0 Å². The average molecular weight is 195 g/mol. The number of hydrogen-bond acceptors (Lipinski definition) is 2. The predicted molar refractivity (Wildman–Crippen MR) is 63.9 cm³/mol. The zero-order valence-corrected chi connectivity index (χ0v) is 9.91. The zero-order valence-electron chi connectivity index (χ0n) is 9.91. The van der Waals surface area contributed by atoms with Crippen molar-refractivity contribution in [2.75, 3.05) is 0 Å². The van der Waals surface area contributed by atoms with Gasteiger partial charge in [-0.05, 0) is 13.0 Å². The van der Waals surface area contributed by atoms with Gasteiger partial charge in [-0.2, -0.15) is 0 Å². The largest absolute Gasteiger partial charge is 0.287 e. The van der Waals surface area contributed by atoms with E-state index in [1.807, 2.05) is 34.6 Å². The second-order valence-corrected chi connectivity index (χ2v) is 1.86. The van der Waals surface area contributed by atoms with E-state index in [1.165, 1.54) is 0 Å². The van der Waals surface area contributed by atoms with Crippen LogP contribution in [0, 0.1) is 6.92 Å². The lowest BCUT2D eigenvalue weighted by molar-refractivity contribution is 1.01. The normalized spacial score (nSPS) is 7.50. The Balaban J connectivity index is 0. The van der Waals surface area contributed by atoms with Gasteiger partial charge in [0.25, 0.3) is 0 Å². The number of aryl methyl sites for hydroxylation is 1. The lowest BCUT2D eigenvalue weighted by atomic mass is 10.5. The van der Waals surface area contributed by atoms with Gasteiger partial charge in [-0.1, -0.05) is 40.9 Å². The van der Waals surface area contributed by atoms with Crippen molar-refractivity contribution in [3.8, 4) is 0 Å². The lowest BCUT2D eigenvalue weighted by Crippen LogP contribution is -1.91. The summed E-state index contributed by atoms with van der Waals surface area (Å²) in [5.74, 6) is 1.55. The molecule has 1 rings (SSSR count). The highest BCUT2D eigenvalue weighted by Gasteiger charge is 1.99. The average Bonchev–Trinajstić information content (AvgIpc) is 2.64. The quantitative estimate of drug-likeness (QED) is 0.724. The molecule has 0 aliphatic rings. The number of nitrogens with zero attached hydrogens (tertiary/aromatic N) is 3. The van der Waals surface area contributed by atoms with E-state index >= 15 is 0 Å². The van der Waals surface area contributed by atoms with E-state index in [4.69, 9.17) is 0 Å². The summed E-state index contributed by atoms with van der Waals surface area (Å²) in [4.78, 5) is 0. The summed E-state index contributed by atoms with van der Waals surface area (Å²) in [6.45, 7) is 17.1. The van der Waals surface area contributed by atoms with Gasteiger partial charge < -0.3 is 0 Å². The molecule has 0 aliphatic heterocycles. The Labute approximate surface area is 87.2 Å². The van der Waals surface area contributed by atoms with Crippen LogP contribution in [0.3, 0.4) is 0 Å². The molecular formula is C11H21N3. The van der Waals surface area contributed by atoms with Crippen molar-refractivity contribution in [2.24, 2.45) is 0 Å². The van der Waals surface area contributed by atoms with Crippen LogP contribution in [0.25, 0.3) is 12.3 Å². The molecule has 1 aromatic rings. The van der Waals surface area contributed by atoms with Crippen molar-refractivity contribution in [2.45, 2.75) is 34.6 Å². The Morgan fingerprint density at radius 1 is 1.07 bits per heavy atom. The first-order chi connectivity index (χ1) is 6.79. The van der Waals surface area contributed by atoms with Gasteiger partial charge in [0.1, 0.15) is 5.82 Å². The van der Waals surface area contributed by atoms with Crippen LogP contribution in [0.5, 0.6) is 0 Å². The first-order valence-corrected chi connectivity index (χ1v) is 4.96. The van der Waals surface area contributed by atoms with Crippen molar-refractivity contribution in [3.05, 3.63) is 24.8 Å². The summed E-state index contributed by atoms with van der Waals surface area (Å²) in [7, 11) is 0. The van der Waals surface area contributed by atoms with Crippen LogP contribution in [0.1, 0.15) is 39.3 Å². The lowest BCUT2D eigenvalue weighted by Gasteiger charge is -1.94. The molecule has 80 valence electrons. The Morgan fingerprint density at radius 2 is 1.57 bits per heavy atom. The van der Waals surface area contributed by atoms with Crippen molar-refractivity contribution >= 4 is 12.3 Å². The molecule has 0 atom stereocenters. The molecule has 3 heteroatoms. The third-order valence-electron chi connectivity index (χ3n) is 1.26. The smallest absolute Gasteiger partial charge is 0.160 e. The molecule has 0 fully saturated rings. The summed E-state index contributed by atoms with van der Waals surface area (Å²) in [5, 5.41) is 7.66. The maximum Gasteiger partial charge on any atom is 0.160 e. The molecule has 0 bridgehead atoms. The molecule has 0 amide bonds. The van der Waals surface area contributed by atoms with Gasteiger partial charge >= 0.3 is 0 Å². The second-order valence-electron chi connectivity index (χ2n) is 1.86. The second kappa shape index (κ2) is 9.71. The Bertz CT molecular complexity index is 261. The summed E-state index contributed by atoms with van der Waals surface area (Å²) in [5.41, 5.74) is 0. The molecule has 0 spiro atoms. The first-order valence-electron chi connectivity index (χ1n) is 4.96. The molecule has 0 N–H and O–H groups in total. The maximum atomic E-state index is 3.83. The molecule has 1 aromatic heterocycles. The van der Waals surface area contributed by atoms with E-state index in [0.29, 0.717) is 0 Å². The highest BCUT2D eigenvalue weighted by molar-refractivity contribution is 5.41. The summed E-state index contributed by atoms with van der Waals surface area (Å²) >= 11 is 0. The third-order valence-corrected chi connectivity index (χ3v) is 1.26. The van der Waals surface area contributed by atoms with Gasteiger partial charge in [0.05, 0.1) is 0 Å². The molecule has 0 saturated heterocycles. The summed E-state index contributed by atoms with van der Waals surface area (Å²) in [6.07, 6.45) is 3.30. The molecule has 0 radical (unpaired) electrons. The highest BCUT2D eigenvalue weighted by atomic mass is 15.3. The fraction of sp³-hybridized carbons (Fsp3) is 0.455. The maximum absolute atomic E-state index is 3.83. The van der Waals surface area contributed by atoms with Crippen molar-refractivity contribution in [1.29, 1.82) is 0 Å². The predicted octanol–water partition coefficient (Wildman–Crippen LogP) is 3.38. The molecule has 0 unspecified atom stereocenters. The van der Waals surface area contributed by atoms with Gasteiger partial charge in [-0.15, -0.1) is 10.2 Å². The minimum absolute atomic E-state index is 0.729. The SMILES string of the molecule is C=Cc1nnc(C)n1C=C.CC.CC. The van der Waals surface area contributed by atoms with Crippen LogP contribution in [0.15, 0.2) is 13.2 Å². The van der Waals surface area contributed by atoms with E-state index in [1.54, 1.807) is 16.8 Å². The zero-order chi connectivity index (χ0) is 11.6. The summed E-state index contributed by atoms with van der Waals surface area (Å²) < 4.78 is 1.77. The minimum atomic E-state index is 0.729. The van der Waals surface area contributed by atoms with Gasteiger partial charge in [-0.25, -0.2) is 0 Å². The standard InChI is InChI=1S/C7H9N3.2C2H6/c1-4-7-9-8-6(3)10(7)5-2;2*1-2/h4-5H,1-2H2,3H3;2*1-2H3. The molecule has 3 nitrogen and oxygen atoms in total. The van der Waals surface area contributed by atoms with Crippen molar-refractivity contribution in [1.82, 2.24) is 14.8 Å². The molecule has 1 heterocycles. The van der Waals surface area contributed by atoms with E-state index in [0.717, 1.165) is 11.6 Å². The fourth-order valence-electron chi connectivity index (χ4n) is 0.751. The molecule has 0 aliphatic carbocycles. The van der Waals surface area contributed by atoms with Gasteiger partial charge in [0.15, 0.2) is 5.82 Å². The fourth-order valence-corrected chi connectivity index (χ4v) is 0.751. The summed E-state index contributed by atoms with van der Waals surface area (Å²) in [6, 6.07) is 0. The van der Waals surface area contributed by atoms with E-state index in [-0.39, 0.29) is 0 Å². The van der Waals surface area contributed by atoms with E-state index in [9.17, 15) is 0 Å². The van der Waals surface area contributed by atoms with Crippen LogP contribution in [-0.4, -0.2) is 14.8 Å². The first kappa shape index (κ1) is 15.1. The number of aromatic nitrogens is 3. The van der Waals surface area contributed by atoms with E-state index < -0.39 is 0 Å².